The van der Waals surface area contributed by atoms with Crippen LogP contribution in [0.1, 0.15) is 25.3 Å². The van der Waals surface area contributed by atoms with Crippen molar-refractivity contribution in [3.8, 4) is 0 Å². The molecule has 2 rings (SSSR count). The molecule has 0 aromatic heterocycles. The molecule has 1 aliphatic heterocycles. The summed E-state index contributed by atoms with van der Waals surface area (Å²) in [4.78, 5) is 9.33. The third-order valence-corrected chi connectivity index (χ3v) is 4.24. The zero-order valence-electron chi connectivity index (χ0n) is 14.4. The predicted molar refractivity (Wildman–Crippen MR) is 97.6 cm³/mol. The van der Waals surface area contributed by atoms with Gasteiger partial charge in [-0.15, -0.1) is 0 Å². The second-order valence-electron chi connectivity index (χ2n) is 6.15. The lowest BCUT2D eigenvalue weighted by atomic mass is 10.2. The minimum absolute atomic E-state index is 0.584. The first kappa shape index (κ1) is 17.8. The van der Waals surface area contributed by atoms with Gasteiger partial charge in [0.25, 0.3) is 0 Å². The molecule has 1 aliphatic rings. The van der Waals surface area contributed by atoms with Crippen molar-refractivity contribution in [2.75, 3.05) is 45.8 Å². The Labute approximate surface area is 140 Å². The molecule has 5 heteroatoms. The molecule has 0 amide bonds. The summed E-state index contributed by atoms with van der Waals surface area (Å²) in [5.41, 5.74) is 7.25. The quantitative estimate of drug-likeness (QED) is 0.433. The molecule has 1 aromatic carbocycles. The van der Waals surface area contributed by atoms with E-state index in [4.69, 9.17) is 5.73 Å². The van der Waals surface area contributed by atoms with Gasteiger partial charge < -0.3 is 11.1 Å². The number of hydrogen-bond acceptors (Lipinski definition) is 3. The first-order valence-corrected chi connectivity index (χ1v) is 8.80. The number of nitrogens with one attached hydrogen (secondary N) is 1. The van der Waals surface area contributed by atoms with Crippen LogP contribution in [0.25, 0.3) is 0 Å². The van der Waals surface area contributed by atoms with E-state index in [1.165, 1.54) is 5.56 Å². The van der Waals surface area contributed by atoms with Crippen molar-refractivity contribution in [3.05, 3.63) is 35.9 Å². The maximum atomic E-state index is 5.85. The molecule has 0 unspecified atom stereocenters. The van der Waals surface area contributed by atoms with E-state index < -0.39 is 0 Å². The maximum absolute atomic E-state index is 5.85. The van der Waals surface area contributed by atoms with E-state index in [0.717, 1.165) is 65.2 Å². The molecule has 0 aliphatic carbocycles. The van der Waals surface area contributed by atoms with Gasteiger partial charge >= 0.3 is 0 Å². The predicted octanol–water partition coefficient (Wildman–Crippen LogP) is 1.51. The summed E-state index contributed by atoms with van der Waals surface area (Å²) in [5, 5.41) is 3.21. The summed E-state index contributed by atoms with van der Waals surface area (Å²) in [6.07, 6.45) is 2.26. The van der Waals surface area contributed by atoms with Gasteiger partial charge in [0.2, 0.25) is 0 Å². The third-order valence-electron chi connectivity index (χ3n) is 4.24. The molecule has 23 heavy (non-hydrogen) atoms. The summed E-state index contributed by atoms with van der Waals surface area (Å²) in [7, 11) is 0. The monoisotopic (exact) mass is 317 g/mol. The highest BCUT2D eigenvalue weighted by molar-refractivity contribution is 5.77. The largest absolute Gasteiger partial charge is 0.370 e. The normalized spacial score (nSPS) is 17.3. The smallest absolute Gasteiger partial charge is 0.188 e. The zero-order chi connectivity index (χ0) is 16.3. The first-order valence-electron chi connectivity index (χ1n) is 8.80. The summed E-state index contributed by atoms with van der Waals surface area (Å²) < 4.78 is 0. The average molecular weight is 317 g/mol. The molecule has 0 spiro atoms. The van der Waals surface area contributed by atoms with Crippen LogP contribution in [0, 0.1) is 0 Å². The summed E-state index contributed by atoms with van der Waals surface area (Å²) in [6, 6.07) is 10.7. The molecular formula is C18H31N5. The number of benzene rings is 1. The molecule has 3 N–H and O–H groups in total. The molecule has 5 nitrogen and oxygen atoms in total. The molecule has 0 radical (unpaired) electrons. The number of hydrogen-bond donors (Lipinski definition) is 2. The molecule has 0 saturated carbocycles. The van der Waals surface area contributed by atoms with Crippen molar-refractivity contribution in [2.24, 2.45) is 10.7 Å². The maximum Gasteiger partial charge on any atom is 0.188 e. The van der Waals surface area contributed by atoms with Gasteiger partial charge in [0.1, 0.15) is 0 Å². The number of aliphatic imine (C=N–C) groups is 1. The van der Waals surface area contributed by atoms with Gasteiger partial charge in [-0.05, 0) is 12.0 Å². The fourth-order valence-corrected chi connectivity index (χ4v) is 2.77. The highest BCUT2D eigenvalue weighted by Crippen LogP contribution is 2.07. The number of unbranched alkanes of at least 4 members (excludes halogenated alkanes) is 1. The van der Waals surface area contributed by atoms with E-state index in [2.05, 4.69) is 57.4 Å². The molecule has 1 fully saturated rings. The lowest BCUT2D eigenvalue weighted by Crippen LogP contribution is -2.48. The lowest BCUT2D eigenvalue weighted by molar-refractivity contribution is 0.129. The molecule has 0 atom stereocenters. The molecule has 1 saturated heterocycles. The van der Waals surface area contributed by atoms with Crippen molar-refractivity contribution < 1.29 is 0 Å². The molecule has 1 aromatic rings. The van der Waals surface area contributed by atoms with Crippen molar-refractivity contribution in [3.63, 3.8) is 0 Å². The fraction of sp³-hybridized carbons (Fsp3) is 0.611. The van der Waals surface area contributed by atoms with Crippen molar-refractivity contribution in [1.29, 1.82) is 0 Å². The second-order valence-corrected chi connectivity index (χ2v) is 6.15. The second kappa shape index (κ2) is 10.2. The topological polar surface area (TPSA) is 56.9 Å². The average Bonchev–Trinajstić information content (AvgIpc) is 2.58. The van der Waals surface area contributed by atoms with E-state index in [1.54, 1.807) is 0 Å². The van der Waals surface area contributed by atoms with Gasteiger partial charge in [0, 0.05) is 52.4 Å². The van der Waals surface area contributed by atoms with E-state index in [0.29, 0.717) is 5.96 Å². The zero-order valence-corrected chi connectivity index (χ0v) is 14.4. The van der Waals surface area contributed by atoms with E-state index >= 15 is 0 Å². The minimum atomic E-state index is 0.584. The molecule has 128 valence electrons. The minimum Gasteiger partial charge on any atom is -0.370 e. The lowest BCUT2D eigenvalue weighted by Gasteiger charge is -2.34. The standard InChI is InChI=1S/C18H31N5/c1-2-3-9-20-18(19)21-10-11-22-12-14-23(15-13-22)16-17-7-5-4-6-8-17/h4-8H,2-3,9-16H2,1H3,(H3,19,20,21). The SMILES string of the molecule is CCCCN=C(N)NCCN1CCN(Cc2ccccc2)CC1. The Morgan fingerprint density at radius 1 is 1.13 bits per heavy atom. The highest BCUT2D eigenvalue weighted by atomic mass is 15.3. The van der Waals surface area contributed by atoms with Crippen LogP contribution >= 0.6 is 0 Å². The summed E-state index contributed by atoms with van der Waals surface area (Å²) >= 11 is 0. The summed E-state index contributed by atoms with van der Waals surface area (Å²) in [6.45, 7) is 10.5. The van der Waals surface area contributed by atoms with Crippen LogP contribution < -0.4 is 11.1 Å². The Hall–Kier alpha value is -1.59. The Kier molecular flexibility index (Phi) is 7.90. The highest BCUT2D eigenvalue weighted by Gasteiger charge is 2.16. The van der Waals surface area contributed by atoms with Gasteiger partial charge in [-0.1, -0.05) is 43.7 Å². The Bertz CT molecular complexity index is 452. The van der Waals surface area contributed by atoms with Gasteiger partial charge in [-0.3, -0.25) is 14.8 Å². The number of nitrogens with two attached hydrogens (primary N) is 1. The van der Waals surface area contributed by atoms with Crippen LogP contribution in [0.3, 0.4) is 0 Å². The van der Waals surface area contributed by atoms with Crippen molar-refractivity contribution >= 4 is 5.96 Å². The van der Waals surface area contributed by atoms with E-state index in [9.17, 15) is 0 Å². The van der Waals surface area contributed by atoms with Gasteiger partial charge in [-0.25, -0.2) is 0 Å². The Morgan fingerprint density at radius 3 is 2.52 bits per heavy atom. The Morgan fingerprint density at radius 2 is 1.83 bits per heavy atom. The van der Waals surface area contributed by atoms with Crippen molar-refractivity contribution in [1.82, 2.24) is 15.1 Å². The van der Waals surface area contributed by atoms with Crippen LogP contribution in [0.2, 0.25) is 0 Å². The Balaban J connectivity index is 1.59. The van der Waals surface area contributed by atoms with Gasteiger partial charge in [0.05, 0.1) is 0 Å². The summed E-state index contributed by atoms with van der Waals surface area (Å²) in [5.74, 6) is 0.584. The fourth-order valence-electron chi connectivity index (χ4n) is 2.77. The van der Waals surface area contributed by atoms with Crippen LogP contribution in [-0.4, -0.2) is 61.6 Å². The van der Waals surface area contributed by atoms with Crippen LogP contribution in [0.4, 0.5) is 0 Å². The van der Waals surface area contributed by atoms with Gasteiger partial charge in [-0.2, -0.15) is 0 Å². The van der Waals surface area contributed by atoms with Crippen LogP contribution in [0.15, 0.2) is 35.3 Å². The van der Waals surface area contributed by atoms with Gasteiger partial charge in [0.15, 0.2) is 5.96 Å². The molecule has 1 heterocycles. The number of rotatable bonds is 8. The number of nitrogens with zero attached hydrogens (tertiary/aromatic N) is 3. The molecule has 0 bridgehead atoms. The number of guanidine groups is 1. The van der Waals surface area contributed by atoms with Crippen molar-refractivity contribution in [2.45, 2.75) is 26.3 Å². The van der Waals surface area contributed by atoms with Crippen LogP contribution in [0.5, 0.6) is 0 Å². The third kappa shape index (κ3) is 7.01. The first-order chi connectivity index (χ1) is 11.3. The van der Waals surface area contributed by atoms with E-state index in [1.807, 2.05) is 0 Å². The van der Waals surface area contributed by atoms with E-state index in [-0.39, 0.29) is 0 Å². The molecular weight excluding hydrogens is 286 g/mol. The number of piperazine rings is 1. The van der Waals surface area contributed by atoms with Crippen LogP contribution in [-0.2, 0) is 6.54 Å².